The van der Waals surface area contributed by atoms with Crippen LogP contribution < -0.4 is 5.32 Å². The summed E-state index contributed by atoms with van der Waals surface area (Å²) < 4.78 is 44.7. The molecular formula is C23H20F3N3O4. The van der Waals surface area contributed by atoms with Crippen LogP contribution in [0.25, 0.3) is 0 Å². The molecule has 0 aliphatic heterocycles. The second kappa shape index (κ2) is 9.68. The Morgan fingerprint density at radius 1 is 1.06 bits per heavy atom. The van der Waals surface area contributed by atoms with Gasteiger partial charge in [-0.1, -0.05) is 12.1 Å². The number of carbonyl (C=O) groups excluding carboxylic acids is 3. The predicted molar refractivity (Wildman–Crippen MR) is 113 cm³/mol. The minimum atomic E-state index is -4.51. The minimum absolute atomic E-state index is 0.223. The number of rotatable bonds is 7. The molecule has 0 spiro atoms. The molecule has 7 nitrogen and oxygen atoms in total. The maximum absolute atomic E-state index is 12.8. The third-order valence-electron chi connectivity index (χ3n) is 4.97. The molecule has 1 N–H and O–H groups in total. The van der Waals surface area contributed by atoms with Crippen LogP contribution in [-0.2, 0) is 27.5 Å². The van der Waals surface area contributed by atoms with Crippen molar-refractivity contribution in [1.29, 1.82) is 0 Å². The predicted octanol–water partition coefficient (Wildman–Crippen LogP) is 3.96. The molecular weight excluding hydrogens is 439 g/mol. The SMILES string of the molecule is COC(=O)C(CC(=O)Nc1ccc(C(=O)c2nccn2C)cc1)c1ccc(C(F)(F)F)cc1. The number of aryl methyl sites for hydroxylation is 1. The Kier molecular flexibility index (Phi) is 6.95. The average molecular weight is 459 g/mol. The van der Waals surface area contributed by atoms with Crippen LogP contribution in [0.5, 0.6) is 0 Å². The van der Waals surface area contributed by atoms with Gasteiger partial charge in [-0.25, -0.2) is 4.98 Å². The second-order valence-corrected chi connectivity index (χ2v) is 7.22. The summed E-state index contributed by atoms with van der Waals surface area (Å²) >= 11 is 0. The summed E-state index contributed by atoms with van der Waals surface area (Å²) in [6.07, 6.45) is -1.70. The van der Waals surface area contributed by atoms with Crippen molar-refractivity contribution >= 4 is 23.3 Å². The standard InChI is InChI=1S/C23H20F3N3O4/c1-29-12-11-27-21(29)20(31)15-5-9-17(10-6-15)28-19(30)13-18(22(32)33-2)14-3-7-16(8-4-14)23(24,25)26/h3-12,18H,13H2,1-2H3,(H,28,30). The zero-order valence-corrected chi connectivity index (χ0v) is 17.7. The number of alkyl halides is 3. The lowest BCUT2D eigenvalue weighted by molar-refractivity contribution is -0.143. The summed E-state index contributed by atoms with van der Waals surface area (Å²) in [5, 5.41) is 2.61. The van der Waals surface area contributed by atoms with E-state index in [-0.39, 0.29) is 23.6 Å². The third-order valence-corrected chi connectivity index (χ3v) is 4.97. The average Bonchev–Trinajstić information content (AvgIpc) is 3.22. The number of aromatic nitrogens is 2. The number of ketones is 1. The van der Waals surface area contributed by atoms with E-state index in [0.29, 0.717) is 11.3 Å². The Labute approximate surface area is 187 Å². The van der Waals surface area contributed by atoms with Gasteiger partial charge < -0.3 is 14.6 Å². The molecule has 1 amide bonds. The number of amides is 1. The molecule has 10 heteroatoms. The Morgan fingerprint density at radius 3 is 2.21 bits per heavy atom. The highest BCUT2D eigenvalue weighted by molar-refractivity contribution is 6.07. The van der Waals surface area contributed by atoms with Gasteiger partial charge in [0, 0.05) is 37.1 Å². The van der Waals surface area contributed by atoms with E-state index in [1.807, 2.05) is 0 Å². The van der Waals surface area contributed by atoms with Crippen molar-refractivity contribution in [3.63, 3.8) is 0 Å². The van der Waals surface area contributed by atoms with Crippen LogP contribution >= 0.6 is 0 Å². The number of ether oxygens (including phenoxy) is 1. The number of benzene rings is 2. The Hall–Kier alpha value is -3.95. The van der Waals surface area contributed by atoms with Gasteiger partial charge in [0.25, 0.3) is 0 Å². The molecule has 172 valence electrons. The van der Waals surface area contributed by atoms with Crippen molar-refractivity contribution in [2.45, 2.75) is 18.5 Å². The van der Waals surface area contributed by atoms with E-state index in [2.05, 4.69) is 10.3 Å². The van der Waals surface area contributed by atoms with Crippen LogP contribution in [0.3, 0.4) is 0 Å². The number of imidazole rings is 1. The van der Waals surface area contributed by atoms with Gasteiger partial charge >= 0.3 is 12.1 Å². The normalized spacial score (nSPS) is 12.2. The topological polar surface area (TPSA) is 90.3 Å². The fraction of sp³-hybridized carbons (Fsp3) is 0.217. The summed E-state index contributed by atoms with van der Waals surface area (Å²) in [6, 6.07) is 10.1. The number of anilines is 1. The molecule has 1 atom stereocenters. The number of nitrogens with one attached hydrogen (secondary N) is 1. The van der Waals surface area contributed by atoms with Crippen LogP contribution in [0.1, 0.15) is 39.6 Å². The van der Waals surface area contributed by atoms with Gasteiger partial charge in [0.05, 0.1) is 18.6 Å². The van der Waals surface area contributed by atoms with E-state index >= 15 is 0 Å². The van der Waals surface area contributed by atoms with Crippen molar-refractivity contribution in [3.05, 3.63) is 83.4 Å². The van der Waals surface area contributed by atoms with E-state index < -0.39 is 29.5 Å². The molecule has 1 heterocycles. The van der Waals surface area contributed by atoms with E-state index in [4.69, 9.17) is 4.74 Å². The van der Waals surface area contributed by atoms with Crippen LogP contribution in [0.4, 0.5) is 18.9 Å². The molecule has 2 aromatic carbocycles. The Morgan fingerprint density at radius 2 is 1.70 bits per heavy atom. The summed E-state index contributed by atoms with van der Waals surface area (Å²) in [5.74, 6) is -2.39. The van der Waals surface area contributed by atoms with E-state index in [0.717, 1.165) is 31.4 Å². The zero-order chi connectivity index (χ0) is 24.2. The van der Waals surface area contributed by atoms with Crippen molar-refractivity contribution in [1.82, 2.24) is 9.55 Å². The molecule has 0 aliphatic rings. The van der Waals surface area contributed by atoms with Crippen LogP contribution in [-0.4, -0.2) is 34.3 Å². The fourth-order valence-electron chi connectivity index (χ4n) is 3.20. The summed E-state index contributed by atoms with van der Waals surface area (Å²) in [4.78, 5) is 41.2. The van der Waals surface area contributed by atoms with Gasteiger partial charge in [0.15, 0.2) is 5.82 Å². The van der Waals surface area contributed by atoms with Crippen molar-refractivity contribution in [2.24, 2.45) is 7.05 Å². The van der Waals surface area contributed by atoms with Crippen molar-refractivity contribution in [2.75, 3.05) is 12.4 Å². The molecule has 3 aromatic rings. The first-order valence-electron chi connectivity index (χ1n) is 9.77. The molecule has 0 saturated heterocycles. The van der Waals surface area contributed by atoms with Crippen molar-refractivity contribution in [3.8, 4) is 0 Å². The number of carbonyl (C=O) groups is 3. The highest BCUT2D eigenvalue weighted by atomic mass is 19.4. The minimum Gasteiger partial charge on any atom is -0.469 e. The molecule has 1 unspecified atom stereocenters. The van der Waals surface area contributed by atoms with Gasteiger partial charge in [-0.3, -0.25) is 14.4 Å². The zero-order valence-electron chi connectivity index (χ0n) is 17.7. The highest BCUT2D eigenvalue weighted by Gasteiger charge is 2.31. The van der Waals surface area contributed by atoms with E-state index in [1.165, 1.54) is 30.5 Å². The van der Waals surface area contributed by atoms with Crippen molar-refractivity contribution < 1.29 is 32.3 Å². The first-order valence-corrected chi connectivity index (χ1v) is 9.77. The number of hydrogen-bond acceptors (Lipinski definition) is 5. The van der Waals surface area contributed by atoms with Crippen LogP contribution in [0.15, 0.2) is 60.9 Å². The van der Waals surface area contributed by atoms with Gasteiger partial charge in [-0.15, -0.1) is 0 Å². The van der Waals surface area contributed by atoms with Gasteiger partial charge in [0.1, 0.15) is 0 Å². The molecule has 1 aromatic heterocycles. The number of nitrogens with zero attached hydrogens (tertiary/aromatic N) is 2. The van der Waals surface area contributed by atoms with E-state index in [1.54, 1.807) is 17.8 Å². The quantitative estimate of drug-likeness (QED) is 0.427. The Balaban J connectivity index is 1.70. The number of methoxy groups -OCH3 is 1. The highest BCUT2D eigenvalue weighted by Crippen LogP contribution is 2.31. The first-order chi connectivity index (χ1) is 15.6. The molecule has 0 aliphatic carbocycles. The number of halogens is 3. The largest absolute Gasteiger partial charge is 0.469 e. The smallest absolute Gasteiger partial charge is 0.416 e. The lowest BCUT2D eigenvalue weighted by Crippen LogP contribution is -2.22. The summed E-state index contributed by atoms with van der Waals surface area (Å²) in [5.41, 5.74) is 0.118. The van der Waals surface area contributed by atoms with Gasteiger partial charge in [-0.2, -0.15) is 13.2 Å². The Bertz CT molecular complexity index is 1150. The summed E-state index contributed by atoms with van der Waals surface area (Å²) in [6.45, 7) is 0. The number of esters is 1. The van der Waals surface area contributed by atoms with Crippen LogP contribution in [0.2, 0.25) is 0 Å². The number of hydrogen-bond donors (Lipinski definition) is 1. The lowest BCUT2D eigenvalue weighted by atomic mass is 9.94. The summed E-state index contributed by atoms with van der Waals surface area (Å²) in [7, 11) is 2.83. The third kappa shape index (κ3) is 5.65. The monoisotopic (exact) mass is 459 g/mol. The maximum atomic E-state index is 12.8. The van der Waals surface area contributed by atoms with Gasteiger partial charge in [-0.05, 0) is 42.0 Å². The maximum Gasteiger partial charge on any atom is 0.416 e. The molecule has 33 heavy (non-hydrogen) atoms. The van der Waals surface area contributed by atoms with Gasteiger partial charge in [0.2, 0.25) is 11.7 Å². The first kappa shape index (κ1) is 23.7. The molecule has 0 radical (unpaired) electrons. The fourth-order valence-corrected chi connectivity index (χ4v) is 3.20. The molecule has 3 rings (SSSR count). The molecule has 0 saturated carbocycles. The van der Waals surface area contributed by atoms with Crippen LogP contribution in [0, 0.1) is 0 Å². The van der Waals surface area contributed by atoms with E-state index in [9.17, 15) is 27.6 Å². The lowest BCUT2D eigenvalue weighted by Gasteiger charge is -2.16. The second-order valence-electron chi connectivity index (χ2n) is 7.22. The molecule has 0 fully saturated rings. The molecule has 0 bridgehead atoms.